The summed E-state index contributed by atoms with van der Waals surface area (Å²) >= 11 is 0. The van der Waals surface area contributed by atoms with Crippen LogP contribution in [-0.2, 0) is 14.3 Å². The molecule has 0 aromatic carbocycles. The minimum atomic E-state index is -0.933. The topological polar surface area (TPSA) is 63.6 Å². The number of allylic oxidation sites excluding steroid dienone is 4. The Morgan fingerprint density at radius 1 is 0.867 bits per heavy atom. The summed E-state index contributed by atoms with van der Waals surface area (Å²) in [5.74, 6) is -1.21. The van der Waals surface area contributed by atoms with Crippen molar-refractivity contribution in [1.82, 2.24) is 0 Å². The first-order valence-corrected chi connectivity index (χ1v) is 11.8. The summed E-state index contributed by atoms with van der Waals surface area (Å²) in [5, 5.41) is 9.00. The van der Waals surface area contributed by atoms with E-state index in [0.29, 0.717) is 17.4 Å². The molecular formula is C25H46NO4+. The molecule has 0 radical (unpaired) electrons. The van der Waals surface area contributed by atoms with Crippen molar-refractivity contribution in [3.8, 4) is 0 Å². The van der Waals surface area contributed by atoms with Gasteiger partial charge < -0.3 is 14.3 Å². The van der Waals surface area contributed by atoms with Crippen LogP contribution in [-0.4, -0.2) is 55.3 Å². The number of esters is 1. The molecule has 0 bridgehead atoms. The first-order valence-electron chi connectivity index (χ1n) is 11.8. The summed E-state index contributed by atoms with van der Waals surface area (Å²) in [5.41, 5.74) is 0. The van der Waals surface area contributed by atoms with E-state index >= 15 is 0 Å². The highest BCUT2D eigenvalue weighted by Gasteiger charge is 2.24. The fraction of sp³-hybridized carbons (Fsp3) is 0.760. The van der Waals surface area contributed by atoms with Gasteiger partial charge in [-0.3, -0.25) is 9.59 Å². The Morgan fingerprint density at radius 3 is 1.93 bits per heavy atom. The lowest BCUT2D eigenvalue weighted by Crippen LogP contribution is -2.43. The molecule has 0 fully saturated rings. The molecule has 0 saturated heterocycles. The lowest BCUT2D eigenvalue weighted by molar-refractivity contribution is -0.873. The maximum absolute atomic E-state index is 12.0. The molecule has 30 heavy (non-hydrogen) atoms. The second kappa shape index (κ2) is 18.2. The minimum Gasteiger partial charge on any atom is -0.481 e. The first kappa shape index (κ1) is 28.4. The fourth-order valence-corrected chi connectivity index (χ4v) is 3.29. The summed E-state index contributed by atoms with van der Waals surface area (Å²) < 4.78 is 5.97. The van der Waals surface area contributed by atoms with Crippen LogP contribution in [0.25, 0.3) is 0 Å². The summed E-state index contributed by atoms with van der Waals surface area (Å²) in [6.07, 6.45) is 21.3. The van der Waals surface area contributed by atoms with Crippen LogP contribution >= 0.6 is 0 Å². The molecule has 5 heteroatoms. The molecule has 0 aromatic rings. The van der Waals surface area contributed by atoms with Crippen LogP contribution in [0.1, 0.15) is 90.4 Å². The number of nitrogens with zero attached hydrogens (tertiary/aromatic N) is 1. The molecule has 0 amide bonds. The summed E-state index contributed by atoms with van der Waals surface area (Å²) in [4.78, 5) is 23.0. The third-order valence-corrected chi connectivity index (χ3v) is 4.81. The Hall–Kier alpha value is -1.62. The van der Waals surface area contributed by atoms with Crippen LogP contribution in [0.3, 0.4) is 0 Å². The largest absolute Gasteiger partial charge is 0.481 e. The van der Waals surface area contributed by atoms with Crippen molar-refractivity contribution >= 4 is 11.9 Å². The zero-order chi connectivity index (χ0) is 22.7. The number of carbonyl (C=O) groups excluding carboxylic acids is 1. The number of unbranched alkanes of at least 4 members (excludes halogenated alkanes) is 9. The van der Waals surface area contributed by atoms with Gasteiger partial charge in [-0.25, -0.2) is 0 Å². The number of likely N-dealkylation sites (N-methyl/N-ethyl adjacent to an activating group) is 1. The quantitative estimate of drug-likeness (QED) is 0.121. The van der Waals surface area contributed by atoms with Gasteiger partial charge in [-0.2, -0.15) is 0 Å². The van der Waals surface area contributed by atoms with Crippen LogP contribution in [0.5, 0.6) is 0 Å². The lowest BCUT2D eigenvalue weighted by atomic mass is 10.1. The van der Waals surface area contributed by atoms with Crippen molar-refractivity contribution in [3.05, 3.63) is 24.3 Å². The van der Waals surface area contributed by atoms with Crippen LogP contribution in [0.15, 0.2) is 24.3 Å². The van der Waals surface area contributed by atoms with Gasteiger partial charge in [-0.1, -0.05) is 69.8 Å². The van der Waals surface area contributed by atoms with E-state index < -0.39 is 12.1 Å². The number of ether oxygens (including phenoxy) is 1. The zero-order valence-electron chi connectivity index (χ0n) is 19.9. The highest BCUT2D eigenvalue weighted by atomic mass is 16.5. The van der Waals surface area contributed by atoms with E-state index in [1.54, 1.807) is 0 Å². The Bertz CT molecular complexity index is 506. The van der Waals surface area contributed by atoms with Crippen molar-refractivity contribution in [1.29, 1.82) is 0 Å². The van der Waals surface area contributed by atoms with Crippen molar-refractivity contribution in [3.63, 3.8) is 0 Å². The lowest BCUT2D eigenvalue weighted by Gasteiger charge is -2.28. The summed E-state index contributed by atoms with van der Waals surface area (Å²) in [6, 6.07) is 0. The van der Waals surface area contributed by atoms with E-state index in [9.17, 15) is 9.59 Å². The standard InChI is InChI=1S/C25H45NO4/c1-5-6-7-8-9-10-11-12-13-14-15-16-17-18-19-20-25(29)30-23(21-24(27)28)22-26(2,3)4/h10-13,23H,5-9,14-22H2,1-4H3/p+1/b11-10+,13-12+. The molecule has 1 N–H and O–H groups in total. The monoisotopic (exact) mass is 424 g/mol. The van der Waals surface area contributed by atoms with E-state index in [0.717, 1.165) is 25.7 Å². The molecule has 0 aliphatic carbocycles. The molecule has 1 atom stereocenters. The number of hydrogen-bond acceptors (Lipinski definition) is 3. The maximum atomic E-state index is 12.0. The average Bonchev–Trinajstić information content (AvgIpc) is 2.63. The highest BCUT2D eigenvalue weighted by molar-refractivity contribution is 5.71. The molecule has 174 valence electrons. The molecule has 0 spiro atoms. The number of rotatable bonds is 19. The molecule has 0 aliphatic rings. The predicted molar refractivity (Wildman–Crippen MR) is 124 cm³/mol. The van der Waals surface area contributed by atoms with Gasteiger partial charge in [-0.05, 0) is 32.1 Å². The Morgan fingerprint density at radius 2 is 1.40 bits per heavy atom. The fourth-order valence-electron chi connectivity index (χ4n) is 3.29. The smallest absolute Gasteiger partial charge is 0.307 e. The van der Waals surface area contributed by atoms with Gasteiger partial charge in [0.05, 0.1) is 27.6 Å². The molecule has 0 heterocycles. The Kier molecular flexibility index (Phi) is 17.2. The van der Waals surface area contributed by atoms with E-state index in [1.807, 2.05) is 21.1 Å². The predicted octanol–water partition coefficient (Wildman–Crippen LogP) is 5.89. The SMILES string of the molecule is CCCCCC/C=C/C=C/CCCCCCCC(=O)OC(CC(=O)O)C[N+](C)(C)C. The van der Waals surface area contributed by atoms with Crippen molar-refractivity contribution < 1.29 is 23.9 Å². The Balaban J connectivity index is 3.72. The normalized spacial score (nSPS) is 13.2. The van der Waals surface area contributed by atoms with E-state index in [1.165, 1.54) is 44.9 Å². The van der Waals surface area contributed by atoms with E-state index in [-0.39, 0.29) is 12.4 Å². The van der Waals surface area contributed by atoms with Crippen LogP contribution < -0.4 is 0 Å². The molecular weight excluding hydrogens is 378 g/mol. The maximum Gasteiger partial charge on any atom is 0.307 e. The molecule has 5 nitrogen and oxygen atoms in total. The van der Waals surface area contributed by atoms with Crippen LogP contribution in [0.4, 0.5) is 0 Å². The average molecular weight is 425 g/mol. The van der Waals surface area contributed by atoms with Crippen LogP contribution in [0.2, 0.25) is 0 Å². The minimum absolute atomic E-state index is 0.136. The van der Waals surface area contributed by atoms with Gasteiger partial charge in [0.1, 0.15) is 6.54 Å². The number of quaternary nitrogens is 1. The highest BCUT2D eigenvalue weighted by Crippen LogP contribution is 2.11. The number of carboxylic acids is 1. The van der Waals surface area contributed by atoms with Gasteiger partial charge in [0.2, 0.25) is 0 Å². The Labute approximate surface area is 184 Å². The summed E-state index contributed by atoms with van der Waals surface area (Å²) in [7, 11) is 5.88. The van der Waals surface area contributed by atoms with E-state index in [4.69, 9.17) is 9.84 Å². The third kappa shape index (κ3) is 21.1. The van der Waals surface area contributed by atoms with Gasteiger partial charge in [-0.15, -0.1) is 0 Å². The molecule has 0 rings (SSSR count). The number of carbonyl (C=O) groups is 2. The number of carboxylic acid groups (broad SMARTS) is 1. The van der Waals surface area contributed by atoms with Crippen molar-refractivity contribution in [2.45, 2.75) is 96.5 Å². The molecule has 0 saturated carbocycles. The molecule has 0 aliphatic heterocycles. The van der Waals surface area contributed by atoms with Crippen LogP contribution in [0, 0.1) is 0 Å². The van der Waals surface area contributed by atoms with Gasteiger partial charge in [0.25, 0.3) is 0 Å². The van der Waals surface area contributed by atoms with Crippen molar-refractivity contribution in [2.75, 3.05) is 27.7 Å². The van der Waals surface area contributed by atoms with Gasteiger partial charge >= 0.3 is 11.9 Å². The van der Waals surface area contributed by atoms with Gasteiger partial charge in [0.15, 0.2) is 6.10 Å². The first-order chi connectivity index (χ1) is 14.2. The number of hydrogen-bond donors (Lipinski definition) is 1. The number of aliphatic carboxylic acids is 1. The van der Waals surface area contributed by atoms with Gasteiger partial charge in [0, 0.05) is 6.42 Å². The molecule has 1 unspecified atom stereocenters. The summed E-state index contributed by atoms with van der Waals surface area (Å²) in [6.45, 7) is 2.74. The third-order valence-electron chi connectivity index (χ3n) is 4.81. The van der Waals surface area contributed by atoms with E-state index in [2.05, 4.69) is 31.2 Å². The second-order valence-corrected chi connectivity index (χ2v) is 9.19. The molecule has 0 aromatic heterocycles. The van der Waals surface area contributed by atoms with Crippen molar-refractivity contribution in [2.24, 2.45) is 0 Å². The second-order valence-electron chi connectivity index (χ2n) is 9.19. The zero-order valence-corrected chi connectivity index (χ0v) is 19.9.